The number of hydrogen-bond donors (Lipinski definition) is 1. The Bertz CT molecular complexity index is 818. The Kier molecular flexibility index (Phi) is 8.77. The van der Waals surface area contributed by atoms with Crippen LogP contribution < -0.4 is 4.72 Å². The van der Waals surface area contributed by atoms with Crippen molar-refractivity contribution in [2.24, 2.45) is 5.92 Å². The standard InChI is InChI=1S/C20H31FN2O5S/c1-14(2)18(22-29(26,27)16-11-8-7-10-15(16)21)19(25)23(6)13-9-12-17(24)28-20(3,4)5/h7-8,10-11,14,18,22H,9,12-13H2,1-6H3/t18-/m0/s1. The molecule has 0 unspecified atom stereocenters. The van der Waals surface area contributed by atoms with E-state index in [0.29, 0.717) is 6.42 Å². The molecular formula is C20H31FN2O5S. The highest BCUT2D eigenvalue weighted by Gasteiger charge is 2.31. The van der Waals surface area contributed by atoms with Gasteiger partial charge >= 0.3 is 5.97 Å². The van der Waals surface area contributed by atoms with Crippen molar-refractivity contribution in [1.29, 1.82) is 0 Å². The molecule has 1 amide bonds. The van der Waals surface area contributed by atoms with Gasteiger partial charge in [0.05, 0.1) is 0 Å². The normalized spacial score (nSPS) is 13.2. The zero-order valence-corrected chi connectivity index (χ0v) is 18.7. The maximum atomic E-state index is 13.9. The van der Waals surface area contributed by atoms with Gasteiger partial charge in [0.15, 0.2) is 0 Å². The van der Waals surface area contributed by atoms with Crippen LogP contribution in [0, 0.1) is 11.7 Å². The van der Waals surface area contributed by atoms with E-state index >= 15 is 0 Å². The second kappa shape index (κ2) is 10.2. The van der Waals surface area contributed by atoms with Gasteiger partial charge in [-0.2, -0.15) is 4.72 Å². The summed E-state index contributed by atoms with van der Waals surface area (Å²) in [6, 6.07) is 3.92. The molecular weight excluding hydrogens is 399 g/mol. The molecule has 7 nitrogen and oxygen atoms in total. The average molecular weight is 431 g/mol. The molecule has 0 aliphatic carbocycles. The number of hydrogen-bond acceptors (Lipinski definition) is 5. The number of nitrogens with one attached hydrogen (secondary N) is 1. The van der Waals surface area contributed by atoms with E-state index < -0.39 is 38.3 Å². The first kappa shape index (κ1) is 25.0. The van der Waals surface area contributed by atoms with Crippen molar-refractivity contribution in [3.8, 4) is 0 Å². The number of esters is 1. The summed E-state index contributed by atoms with van der Waals surface area (Å²) in [5.74, 6) is -2.07. The molecule has 0 radical (unpaired) electrons. The Hall–Kier alpha value is -2.00. The minimum Gasteiger partial charge on any atom is -0.460 e. The molecule has 29 heavy (non-hydrogen) atoms. The smallest absolute Gasteiger partial charge is 0.306 e. The van der Waals surface area contributed by atoms with Crippen LogP contribution in [0.25, 0.3) is 0 Å². The largest absolute Gasteiger partial charge is 0.460 e. The number of rotatable bonds is 9. The van der Waals surface area contributed by atoms with Crippen molar-refractivity contribution in [1.82, 2.24) is 9.62 Å². The summed E-state index contributed by atoms with van der Waals surface area (Å²) in [6.07, 6.45) is 0.518. The molecule has 0 aliphatic rings. The topological polar surface area (TPSA) is 92.8 Å². The van der Waals surface area contributed by atoms with Crippen LogP contribution >= 0.6 is 0 Å². The van der Waals surface area contributed by atoms with E-state index in [9.17, 15) is 22.4 Å². The molecule has 1 aromatic rings. The Labute approximate surface area is 172 Å². The minimum absolute atomic E-state index is 0.141. The van der Waals surface area contributed by atoms with E-state index in [0.717, 1.165) is 12.1 Å². The van der Waals surface area contributed by atoms with Crippen molar-refractivity contribution >= 4 is 21.9 Å². The van der Waals surface area contributed by atoms with Gasteiger partial charge in [0.2, 0.25) is 15.9 Å². The highest BCUT2D eigenvalue weighted by molar-refractivity contribution is 7.89. The molecule has 1 aromatic carbocycles. The van der Waals surface area contributed by atoms with Crippen LogP contribution in [0.2, 0.25) is 0 Å². The van der Waals surface area contributed by atoms with Gasteiger partial charge in [-0.1, -0.05) is 26.0 Å². The van der Waals surface area contributed by atoms with Gasteiger partial charge in [-0.15, -0.1) is 0 Å². The Morgan fingerprint density at radius 2 is 1.79 bits per heavy atom. The van der Waals surface area contributed by atoms with Gasteiger partial charge in [0.25, 0.3) is 0 Å². The predicted octanol–water partition coefficient (Wildman–Crippen LogP) is 2.71. The first-order valence-corrected chi connectivity index (χ1v) is 11.0. The molecule has 0 bridgehead atoms. The summed E-state index contributed by atoms with van der Waals surface area (Å²) >= 11 is 0. The first-order valence-electron chi connectivity index (χ1n) is 9.48. The molecule has 1 N–H and O–H groups in total. The number of carbonyl (C=O) groups is 2. The highest BCUT2D eigenvalue weighted by Crippen LogP contribution is 2.16. The van der Waals surface area contributed by atoms with Crippen LogP contribution in [0.1, 0.15) is 47.5 Å². The van der Waals surface area contributed by atoms with Crippen molar-refractivity contribution in [2.75, 3.05) is 13.6 Å². The van der Waals surface area contributed by atoms with Crippen LogP contribution in [0.5, 0.6) is 0 Å². The maximum Gasteiger partial charge on any atom is 0.306 e. The SMILES string of the molecule is CC(C)[C@H](NS(=O)(=O)c1ccccc1F)C(=O)N(C)CCCC(=O)OC(C)(C)C. The second-order valence-corrected chi connectivity index (χ2v) is 9.91. The van der Waals surface area contributed by atoms with Crippen molar-refractivity contribution < 1.29 is 27.1 Å². The third-order valence-corrected chi connectivity index (χ3v) is 5.49. The predicted molar refractivity (Wildman–Crippen MR) is 108 cm³/mol. The molecule has 1 rings (SSSR count). The summed E-state index contributed by atoms with van der Waals surface area (Å²) in [5.41, 5.74) is -0.577. The van der Waals surface area contributed by atoms with E-state index in [1.807, 2.05) is 0 Å². The average Bonchev–Trinajstić information content (AvgIpc) is 2.57. The van der Waals surface area contributed by atoms with Crippen LogP contribution in [0.4, 0.5) is 4.39 Å². The van der Waals surface area contributed by atoms with Gasteiger partial charge in [-0.05, 0) is 45.2 Å². The highest BCUT2D eigenvalue weighted by atomic mass is 32.2. The fraction of sp³-hybridized carbons (Fsp3) is 0.600. The van der Waals surface area contributed by atoms with Crippen molar-refractivity contribution in [3.05, 3.63) is 30.1 Å². The van der Waals surface area contributed by atoms with E-state index in [1.165, 1.54) is 24.1 Å². The molecule has 164 valence electrons. The maximum absolute atomic E-state index is 13.9. The molecule has 0 heterocycles. The number of benzene rings is 1. The van der Waals surface area contributed by atoms with Crippen LogP contribution in [0.3, 0.4) is 0 Å². The lowest BCUT2D eigenvalue weighted by Gasteiger charge is -2.27. The Morgan fingerprint density at radius 1 is 1.21 bits per heavy atom. The molecule has 0 fully saturated rings. The Balaban J connectivity index is 2.77. The molecule has 0 aliphatic heterocycles. The lowest BCUT2D eigenvalue weighted by atomic mass is 10.0. The monoisotopic (exact) mass is 430 g/mol. The summed E-state index contributed by atoms with van der Waals surface area (Å²) in [4.78, 5) is 25.4. The van der Waals surface area contributed by atoms with Gasteiger partial charge in [0.1, 0.15) is 22.4 Å². The van der Waals surface area contributed by atoms with Crippen LogP contribution in [-0.4, -0.2) is 50.4 Å². The number of likely N-dealkylation sites (N-methyl/N-ethyl adjacent to an activating group) is 1. The second-order valence-electron chi connectivity index (χ2n) is 8.22. The molecule has 0 aromatic heterocycles. The molecule has 0 spiro atoms. The summed E-state index contributed by atoms with van der Waals surface area (Å²) < 4.78 is 46.5. The van der Waals surface area contributed by atoms with Crippen molar-refractivity contribution in [3.63, 3.8) is 0 Å². The van der Waals surface area contributed by atoms with Crippen LogP contribution in [-0.2, 0) is 24.3 Å². The molecule has 0 saturated carbocycles. The summed E-state index contributed by atoms with van der Waals surface area (Å²) in [7, 11) is -2.68. The van der Waals surface area contributed by atoms with E-state index in [-0.39, 0.29) is 24.9 Å². The van der Waals surface area contributed by atoms with Crippen molar-refractivity contribution in [2.45, 2.75) is 64.0 Å². The molecule has 1 atom stereocenters. The fourth-order valence-electron chi connectivity index (χ4n) is 2.57. The minimum atomic E-state index is -4.21. The quantitative estimate of drug-likeness (QED) is 0.608. The van der Waals surface area contributed by atoms with Gasteiger partial charge in [-0.25, -0.2) is 12.8 Å². The number of ether oxygens (including phenoxy) is 1. The zero-order chi connectivity index (χ0) is 22.4. The number of nitrogens with zero attached hydrogens (tertiary/aromatic N) is 1. The van der Waals surface area contributed by atoms with E-state index in [1.54, 1.807) is 34.6 Å². The molecule has 9 heteroatoms. The van der Waals surface area contributed by atoms with E-state index in [4.69, 9.17) is 4.74 Å². The Morgan fingerprint density at radius 3 is 2.31 bits per heavy atom. The van der Waals surface area contributed by atoms with Gasteiger partial charge < -0.3 is 9.64 Å². The van der Waals surface area contributed by atoms with Crippen LogP contribution in [0.15, 0.2) is 29.2 Å². The third-order valence-electron chi connectivity index (χ3n) is 4.01. The number of amides is 1. The number of sulfonamides is 1. The van der Waals surface area contributed by atoms with Gasteiger partial charge in [-0.3, -0.25) is 9.59 Å². The zero-order valence-electron chi connectivity index (χ0n) is 17.9. The van der Waals surface area contributed by atoms with Gasteiger partial charge in [0, 0.05) is 20.0 Å². The number of halogens is 1. The number of carbonyl (C=O) groups excluding carboxylic acids is 2. The lowest BCUT2D eigenvalue weighted by molar-refractivity contribution is -0.155. The summed E-state index contributed by atoms with van der Waals surface area (Å²) in [5, 5.41) is 0. The van der Waals surface area contributed by atoms with E-state index in [2.05, 4.69) is 4.72 Å². The fourth-order valence-corrected chi connectivity index (χ4v) is 3.98. The third kappa shape index (κ3) is 8.10. The molecule has 0 saturated heterocycles. The summed E-state index contributed by atoms with van der Waals surface area (Å²) in [6.45, 7) is 8.96. The first-order chi connectivity index (χ1) is 13.2. The lowest BCUT2D eigenvalue weighted by Crippen LogP contribution is -2.50.